The van der Waals surface area contributed by atoms with Crippen molar-refractivity contribution in [2.24, 2.45) is 0 Å². The van der Waals surface area contributed by atoms with E-state index in [0.29, 0.717) is 13.0 Å². The summed E-state index contributed by atoms with van der Waals surface area (Å²) in [5, 5.41) is 1.15. The van der Waals surface area contributed by atoms with Gasteiger partial charge in [-0.15, -0.1) is 0 Å². The van der Waals surface area contributed by atoms with Crippen molar-refractivity contribution < 1.29 is 9.18 Å². The Bertz CT molecular complexity index is 1640. The SMILES string of the molecule is O=C(CC(c1ccccc1)c1cn(Cc2ccc(F)cc2)c2ccccc12)N1CCN(C/C=C/c2ccccc2)CC1. The third kappa shape index (κ3) is 6.53. The highest BCUT2D eigenvalue weighted by Gasteiger charge is 2.27. The fourth-order valence-electron chi connectivity index (χ4n) is 5.95. The van der Waals surface area contributed by atoms with Gasteiger partial charge in [0, 0.05) is 68.7 Å². The van der Waals surface area contributed by atoms with Gasteiger partial charge in [-0.2, -0.15) is 0 Å². The molecule has 1 unspecified atom stereocenters. The predicted molar refractivity (Wildman–Crippen MR) is 169 cm³/mol. The van der Waals surface area contributed by atoms with Gasteiger partial charge in [0.1, 0.15) is 5.82 Å². The fraction of sp³-hybridized carbons (Fsp3) is 0.216. The normalized spacial score (nSPS) is 14.9. The number of para-hydroxylation sites is 1. The van der Waals surface area contributed by atoms with E-state index in [1.54, 1.807) is 0 Å². The van der Waals surface area contributed by atoms with Crippen LogP contribution < -0.4 is 0 Å². The zero-order valence-corrected chi connectivity index (χ0v) is 23.8. The number of rotatable bonds is 9. The zero-order chi connectivity index (χ0) is 28.7. The van der Waals surface area contributed by atoms with Crippen LogP contribution in [0, 0.1) is 5.82 Å². The number of piperazine rings is 1. The molecule has 0 radical (unpaired) electrons. The van der Waals surface area contributed by atoms with Gasteiger partial charge in [0.05, 0.1) is 0 Å². The van der Waals surface area contributed by atoms with Gasteiger partial charge < -0.3 is 9.47 Å². The van der Waals surface area contributed by atoms with Gasteiger partial charge >= 0.3 is 0 Å². The number of carbonyl (C=O) groups excluding carboxylic acids is 1. The fourth-order valence-corrected chi connectivity index (χ4v) is 5.95. The molecule has 0 saturated carbocycles. The Labute approximate surface area is 247 Å². The molecule has 2 heterocycles. The van der Waals surface area contributed by atoms with Crippen molar-refractivity contribution in [2.45, 2.75) is 18.9 Å². The highest BCUT2D eigenvalue weighted by Crippen LogP contribution is 2.35. The van der Waals surface area contributed by atoms with E-state index in [2.05, 4.69) is 82.4 Å². The van der Waals surface area contributed by atoms with Crippen molar-refractivity contribution in [3.63, 3.8) is 0 Å². The monoisotopic (exact) mass is 557 g/mol. The zero-order valence-electron chi connectivity index (χ0n) is 23.8. The summed E-state index contributed by atoms with van der Waals surface area (Å²) in [6.45, 7) is 4.75. The number of nitrogens with zero attached hydrogens (tertiary/aromatic N) is 3. The molecule has 42 heavy (non-hydrogen) atoms. The number of fused-ring (bicyclic) bond motifs is 1. The van der Waals surface area contributed by atoms with Crippen molar-refractivity contribution in [2.75, 3.05) is 32.7 Å². The minimum Gasteiger partial charge on any atom is -0.343 e. The molecular formula is C37H36FN3O. The Morgan fingerprint density at radius 1 is 0.786 bits per heavy atom. The third-order valence-corrected chi connectivity index (χ3v) is 8.24. The minimum absolute atomic E-state index is 0.0649. The number of hydrogen-bond acceptors (Lipinski definition) is 2. The average molecular weight is 558 g/mol. The summed E-state index contributed by atoms with van der Waals surface area (Å²) >= 11 is 0. The summed E-state index contributed by atoms with van der Waals surface area (Å²) in [6, 6.07) is 35.8. The van der Waals surface area contributed by atoms with Crippen molar-refractivity contribution >= 4 is 22.9 Å². The number of benzene rings is 4. The second-order valence-electron chi connectivity index (χ2n) is 11.0. The molecule has 1 aromatic heterocycles. The maximum atomic E-state index is 13.8. The van der Waals surface area contributed by atoms with Crippen LogP contribution >= 0.6 is 0 Å². The summed E-state index contributed by atoms with van der Waals surface area (Å²) < 4.78 is 15.8. The average Bonchev–Trinajstić information content (AvgIpc) is 3.40. The molecule has 6 rings (SSSR count). The molecule has 0 aliphatic carbocycles. The second-order valence-corrected chi connectivity index (χ2v) is 11.0. The number of halogens is 1. The first-order valence-electron chi connectivity index (χ1n) is 14.7. The Balaban J connectivity index is 1.19. The quantitative estimate of drug-likeness (QED) is 0.192. The number of amides is 1. The molecule has 1 atom stereocenters. The first-order valence-corrected chi connectivity index (χ1v) is 14.7. The number of aromatic nitrogens is 1. The summed E-state index contributed by atoms with van der Waals surface area (Å²) in [6.07, 6.45) is 6.98. The molecule has 1 aliphatic rings. The maximum Gasteiger partial charge on any atom is 0.223 e. The van der Waals surface area contributed by atoms with Crippen LogP contribution in [0.5, 0.6) is 0 Å². The van der Waals surface area contributed by atoms with Crippen LogP contribution in [-0.4, -0.2) is 53.0 Å². The predicted octanol–water partition coefficient (Wildman–Crippen LogP) is 7.21. The van der Waals surface area contributed by atoms with Gasteiger partial charge in [-0.05, 0) is 40.5 Å². The van der Waals surface area contributed by atoms with Gasteiger partial charge in [-0.25, -0.2) is 4.39 Å². The lowest BCUT2D eigenvalue weighted by atomic mass is 9.87. The van der Waals surface area contributed by atoms with Crippen LogP contribution in [0.3, 0.4) is 0 Å². The molecule has 1 aliphatic heterocycles. The van der Waals surface area contributed by atoms with Gasteiger partial charge in [0.2, 0.25) is 5.91 Å². The van der Waals surface area contributed by atoms with E-state index < -0.39 is 0 Å². The number of carbonyl (C=O) groups is 1. The first kappa shape index (κ1) is 27.7. The molecule has 0 bridgehead atoms. The highest BCUT2D eigenvalue weighted by molar-refractivity contribution is 5.87. The lowest BCUT2D eigenvalue weighted by Crippen LogP contribution is -2.48. The number of hydrogen-bond donors (Lipinski definition) is 0. The molecular weight excluding hydrogens is 521 g/mol. The molecule has 212 valence electrons. The van der Waals surface area contributed by atoms with Crippen LogP contribution in [0.15, 0.2) is 121 Å². The van der Waals surface area contributed by atoms with Crippen LogP contribution in [0.4, 0.5) is 4.39 Å². The van der Waals surface area contributed by atoms with E-state index in [9.17, 15) is 9.18 Å². The third-order valence-electron chi connectivity index (χ3n) is 8.24. The smallest absolute Gasteiger partial charge is 0.223 e. The van der Waals surface area contributed by atoms with Crippen LogP contribution in [0.1, 0.15) is 34.6 Å². The largest absolute Gasteiger partial charge is 0.343 e. The lowest BCUT2D eigenvalue weighted by molar-refractivity contribution is -0.133. The second kappa shape index (κ2) is 13.0. The van der Waals surface area contributed by atoms with Gasteiger partial charge in [-0.1, -0.05) is 103 Å². The molecule has 1 fully saturated rings. The van der Waals surface area contributed by atoms with Crippen LogP contribution in [-0.2, 0) is 11.3 Å². The molecule has 4 aromatic carbocycles. The summed E-state index contributed by atoms with van der Waals surface area (Å²) in [5.41, 5.74) is 5.64. The molecule has 4 nitrogen and oxygen atoms in total. The first-order chi connectivity index (χ1) is 20.6. The van der Waals surface area contributed by atoms with Crippen molar-refractivity contribution in [3.05, 3.63) is 150 Å². The lowest BCUT2D eigenvalue weighted by Gasteiger charge is -2.35. The van der Waals surface area contributed by atoms with Crippen molar-refractivity contribution in [3.8, 4) is 0 Å². The minimum atomic E-state index is -0.232. The highest BCUT2D eigenvalue weighted by atomic mass is 19.1. The van der Waals surface area contributed by atoms with E-state index in [4.69, 9.17) is 0 Å². The van der Waals surface area contributed by atoms with E-state index in [1.807, 2.05) is 47.4 Å². The topological polar surface area (TPSA) is 28.5 Å². The van der Waals surface area contributed by atoms with Crippen LogP contribution in [0.2, 0.25) is 0 Å². The summed E-state index contributed by atoms with van der Waals surface area (Å²) in [5.74, 6) is -0.104. The molecule has 5 heteroatoms. The van der Waals surface area contributed by atoms with E-state index >= 15 is 0 Å². The molecule has 0 spiro atoms. The van der Waals surface area contributed by atoms with E-state index in [1.165, 1.54) is 17.7 Å². The van der Waals surface area contributed by atoms with Crippen molar-refractivity contribution in [1.29, 1.82) is 0 Å². The standard InChI is InChI=1S/C37H36FN3O/c38-32-19-17-30(18-20-32)27-41-28-35(33-15-7-8-16-36(33)41)34(31-13-5-2-6-14-31)26-37(42)40-24-22-39(23-25-40)21-9-12-29-10-3-1-4-11-29/h1-20,28,34H,21-27H2/b12-9+. The van der Waals surface area contributed by atoms with Gasteiger partial charge in [-0.3, -0.25) is 9.69 Å². The molecule has 1 saturated heterocycles. The Morgan fingerprint density at radius 2 is 1.45 bits per heavy atom. The Hall–Kier alpha value is -4.48. The Morgan fingerprint density at radius 3 is 2.19 bits per heavy atom. The molecule has 5 aromatic rings. The maximum absolute atomic E-state index is 13.8. The summed E-state index contributed by atoms with van der Waals surface area (Å²) in [4.78, 5) is 18.2. The van der Waals surface area contributed by atoms with E-state index in [0.717, 1.165) is 60.3 Å². The van der Waals surface area contributed by atoms with Gasteiger partial charge in [0.25, 0.3) is 0 Å². The van der Waals surface area contributed by atoms with Gasteiger partial charge in [0.15, 0.2) is 0 Å². The molecule has 1 amide bonds. The van der Waals surface area contributed by atoms with Crippen molar-refractivity contribution in [1.82, 2.24) is 14.4 Å². The van der Waals surface area contributed by atoms with E-state index in [-0.39, 0.29) is 17.6 Å². The summed E-state index contributed by atoms with van der Waals surface area (Å²) in [7, 11) is 0. The van der Waals surface area contributed by atoms with Crippen LogP contribution in [0.25, 0.3) is 17.0 Å². The Kier molecular flexibility index (Phi) is 8.57. The molecule has 0 N–H and O–H groups in total.